The van der Waals surface area contributed by atoms with Crippen LogP contribution in [0.4, 0.5) is 0 Å². The number of carbonyl (C=O) groups is 2. The minimum atomic E-state index is -1.57. The van der Waals surface area contributed by atoms with Gasteiger partial charge in [0.25, 0.3) is 0 Å². The maximum absolute atomic E-state index is 11.4. The lowest BCUT2D eigenvalue weighted by Gasteiger charge is -2.28. The number of hydrogen-bond acceptors (Lipinski definition) is 5. The average Bonchev–Trinajstić information content (AvgIpc) is 2.36. The lowest BCUT2D eigenvalue weighted by molar-refractivity contribution is -0.141. The van der Waals surface area contributed by atoms with Crippen molar-refractivity contribution in [2.24, 2.45) is 0 Å². The molecular weight excluding hydrogens is 228 g/mol. The molecule has 0 aliphatic carbocycles. The van der Waals surface area contributed by atoms with Crippen molar-refractivity contribution in [1.29, 1.82) is 0 Å². The molecule has 0 unspecified atom stereocenters. The van der Waals surface area contributed by atoms with Crippen molar-refractivity contribution in [2.45, 2.75) is 25.3 Å². The molecule has 0 atom stereocenters. The lowest BCUT2D eigenvalue weighted by Crippen LogP contribution is -2.59. The van der Waals surface area contributed by atoms with E-state index in [-0.39, 0.29) is 0 Å². The van der Waals surface area contributed by atoms with E-state index >= 15 is 0 Å². The first-order valence-electron chi connectivity index (χ1n) is 5.48. The van der Waals surface area contributed by atoms with Crippen molar-refractivity contribution in [1.82, 2.24) is 10.6 Å². The molecule has 0 heterocycles. The van der Waals surface area contributed by atoms with Gasteiger partial charge < -0.3 is 26.0 Å². The minimum Gasteiger partial charge on any atom is -0.394 e. The van der Waals surface area contributed by atoms with E-state index in [4.69, 9.17) is 15.3 Å². The van der Waals surface area contributed by atoms with Gasteiger partial charge in [0.15, 0.2) is 0 Å². The first kappa shape index (κ1) is 15.8. The summed E-state index contributed by atoms with van der Waals surface area (Å²) in [6, 6.07) is 0. The highest BCUT2D eigenvalue weighted by molar-refractivity contribution is 6.35. The summed E-state index contributed by atoms with van der Waals surface area (Å²) < 4.78 is 0. The Balaban J connectivity index is 4.26. The topological polar surface area (TPSA) is 119 Å². The molecule has 7 nitrogen and oxygen atoms in total. The Labute approximate surface area is 99.8 Å². The molecule has 0 saturated heterocycles. The Kier molecular flexibility index (Phi) is 7.44. The number of nitrogens with one attached hydrogen (secondary N) is 2. The van der Waals surface area contributed by atoms with E-state index in [0.29, 0.717) is 6.54 Å². The molecule has 0 aliphatic rings. The molecule has 0 aromatic carbocycles. The third-order valence-corrected chi connectivity index (χ3v) is 2.31. The number of hydrogen-bond donors (Lipinski definition) is 5. The molecule has 0 radical (unpaired) electrons. The zero-order valence-corrected chi connectivity index (χ0v) is 9.90. The molecule has 100 valence electrons. The molecule has 0 fully saturated rings. The first-order chi connectivity index (χ1) is 8.05. The predicted molar refractivity (Wildman–Crippen MR) is 60.0 cm³/mol. The van der Waals surface area contributed by atoms with Gasteiger partial charge in [0.1, 0.15) is 5.54 Å². The number of aliphatic hydroxyl groups excluding tert-OH is 3. The van der Waals surface area contributed by atoms with E-state index in [1.54, 1.807) is 0 Å². The molecule has 7 heteroatoms. The Morgan fingerprint density at radius 2 is 1.59 bits per heavy atom. The van der Waals surface area contributed by atoms with E-state index < -0.39 is 37.2 Å². The Morgan fingerprint density at radius 1 is 1.06 bits per heavy atom. The fourth-order valence-corrected chi connectivity index (χ4v) is 1.03. The van der Waals surface area contributed by atoms with Crippen molar-refractivity contribution in [3.8, 4) is 0 Å². The molecule has 0 spiro atoms. The molecule has 0 rings (SSSR count). The Morgan fingerprint density at radius 3 is 2.00 bits per heavy atom. The lowest BCUT2D eigenvalue weighted by atomic mass is 10.0. The highest BCUT2D eigenvalue weighted by atomic mass is 16.3. The summed E-state index contributed by atoms with van der Waals surface area (Å²) in [5.41, 5.74) is -1.57. The van der Waals surface area contributed by atoms with Crippen LogP contribution in [0.25, 0.3) is 0 Å². The summed E-state index contributed by atoms with van der Waals surface area (Å²) in [5.74, 6) is -1.84. The summed E-state index contributed by atoms with van der Waals surface area (Å²) in [4.78, 5) is 22.6. The maximum atomic E-state index is 11.4. The SMILES string of the molecule is CCCCNC(=O)C(=O)NC(CO)(CO)CO. The molecule has 0 aliphatic heterocycles. The summed E-state index contributed by atoms with van der Waals surface area (Å²) >= 11 is 0. The monoisotopic (exact) mass is 248 g/mol. The highest BCUT2D eigenvalue weighted by Gasteiger charge is 2.32. The van der Waals surface area contributed by atoms with Gasteiger partial charge in [0, 0.05) is 6.54 Å². The molecular formula is C10H20N2O5. The number of amides is 2. The van der Waals surface area contributed by atoms with Crippen molar-refractivity contribution in [3.63, 3.8) is 0 Å². The van der Waals surface area contributed by atoms with Gasteiger partial charge in [-0.25, -0.2) is 0 Å². The standard InChI is InChI=1S/C10H20N2O5/c1-2-3-4-11-8(16)9(17)12-10(5-13,6-14)7-15/h13-15H,2-7H2,1H3,(H,11,16)(H,12,17). The van der Waals surface area contributed by atoms with Crippen LogP contribution in [0.3, 0.4) is 0 Å². The third-order valence-electron chi connectivity index (χ3n) is 2.31. The largest absolute Gasteiger partial charge is 0.394 e. The minimum absolute atomic E-state index is 0.382. The van der Waals surface area contributed by atoms with E-state index in [9.17, 15) is 9.59 Å². The van der Waals surface area contributed by atoms with Crippen LogP contribution in [0.15, 0.2) is 0 Å². The highest BCUT2D eigenvalue weighted by Crippen LogP contribution is 2.01. The first-order valence-corrected chi connectivity index (χ1v) is 5.48. The summed E-state index contributed by atoms with van der Waals surface area (Å²) in [5, 5.41) is 31.4. The van der Waals surface area contributed by atoms with Crippen LogP contribution in [0.2, 0.25) is 0 Å². The van der Waals surface area contributed by atoms with Gasteiger partial charge in [-0.2, -0.15) is 0 Å². The van der Waals surface area contributed by atoms with Crippen LogP contribution in [0, 0.1) is 0 Å². The zero-order chi connectivity index (χ0) is 13.3. The Bertz CT molecular complexity index is 245. The fourth-order valence-electron chi connectivity index (χ4n) is 1.03. The second-order valence-corrected chi connectivity index (χ2v) is 3.82. The van der Waals surface area contributed by atoms with Crippen LogP contribution in [0.1, 0.15) is 19.8 Å². The molecule has 2 amide bonds. The zero-order valence-electron chi connectivity index (χ0n) is 9.90. The molecule has 5 N–H and O–H groups in total. The number of aliphatic hydroxyl groups is 3. The van der Waals surface area contributed by atoms with Gasteiger partial charge in [0.2, 0.25) is 0 Å². The summed E-state index contributed by atoms with van der Waals surface area (Å²) in [7, 11) is 0. The average molecular weight is 248 g/mol. The van der Waals surface area contributed by atoms with Crippen molar-refractivity contribution < 1.29 is 24.9 Å². The van der Waals surface area contributed by atoms with Gasteiger partial charge in [0.05, 0.1) is 19.8 Å². The van der Waals surface area contributed by atoms with Crippen LogP contribution >= 0.6 is 0 Å². The van der Waals surface area contributed by atoms with Crippen molar-refractivity contribution >= 4 is 11.8 Å². The number of rotatable bonds is 7. The Hall–Kier alpha value is -1.18. The molecule has 0 aromatic heterocycles. The second kappa shape index (κ2) is 7.99. The maximum Gasteiger partial charge on any atom is 0.309 e. The van der Waals surface area contributed by atoms with Crippen LogP contribution in [-0.2, 0) is 9.59 Å². The van der Waals surface area contributed by atoms with Crippen molar-refractivity contribution in [2.75, 3.05) is 26.4 Å². The van der Waals surface area contributed by atoms with E-state index in [1.165, 1.54) is 0 Å². The van der Waals surface area contributed by atoms with E-state index in [0.717, 1.165) is 12.8 Å². The summed E-state index contributed by atoms with van der Waals surface area (Å²) in [6.07, 6.45) is 1.64. The van der Waals surface area contributed by atoms with Gasteiger partial charge >= 0.3 is 11.8 Å². The molecule has 17 heavy (non-hydrogen) atoms. The van der Waals surface area contributed by atoms with Gasteiger partial charge in [-0.05, 0) is 6.42 Å². The third kappa shape index (κ3) is 5.12. The van der Waals surface area contributed by atoms with Crippen LogP contribution in [-0.4, -0.2) is 59.0 Å². The summed E-state index contributed by atoms with van der Waals surface area (Å²) in [6.45, 7) is 0.351. The smallest absolute Gasteiger partial charge is 0.309 e. The van der Waals surface area contributed by atoms with Gasteiger partial charge in [-0.15, -0.1) is 0 Å². The van der Waals surface area contributed by atoms with Crippen molar-refractivity contribution in [3.05, 3.63) is 0 Å². The number of unbranched alkanes of at least 4 members (excludes halogenated alkanes) is 1. The quantitative estimate of drug-likeness (QED) is 0.257. The molecule has 0 bridgehead atoms. The van der Waals surface area contributed by atoms with Gasteiger partial charge in [-0.1, -0.05) is 13.3 Å². The predicted octanol–water partition coefficient (Wildman–Crippen LogP) is -2.27. The van der Waals surface area contributed by atoms with E-state index in [1.807, 2.05) is 6.92 Å². The van der Waals surface area contributed by atoms with E-state index in [2.05, 4.69) is 10.6 Å². The molecule has 0 saturated carbocycles. The normalized spacial score (nSPS) is 11.1. The second-order valence-electron chi connectivity index (χ2n) is 3.82. The van der Waals surface area contributed by atoms with Gasteiger partial charge in [-0.3, -0.25) is 9.59 Å². The fraction of sp³-hybridized carbons (Fsp3) is 0.800. The van der Waals surface area contributed by atoms with Crippen LogP contribution < -0.4 is 10.6 Å². The number of carbonyl (C=O) groups excluding carboxylic acids is 2. The molecule has 0 aromatic rings. The van der Waals surface area contributed by atoms with Crippen LogP contribution in [0.5, 0.6) is 0 Å².